The van der Waals surface area contributed by atoms with Crippen molar-refractivity contribution in [1.82, 2.24) is 14.8 Å². The summed E-state index contributed by atoms with van der Waals surface area (Å²) >= 11 is 1.27. The van der Waals surface area contributed by atoms with Crippen molar-refractivity contribution in [2.45, 2.75) is 18.6 Å². The largest absolute Gasteiger partial charge is 0.302 e. The van der Waals surface area contributed by atoms with Gasteiger partial charge >= 0.3 is 0 Å². The van der Waals surface area contributed by atoms with Gasteiger partial charge in [0.05, 0.1) is 10.7 Å². The van der Waals surface area contributed by atoms with Gasteiger partial charge in [-0.15, -0.1) is 10.2 Å². The fraction of sp³-hybridized carbons (Fsp3) is 0.167. The Kier molecular flexibility index (Phi) is 5.43. The van der Waals surface area contributed by atoms with E-state index in [1.807, 2.05) is 41.8 Å². The van der Waals surface area contributed by atoms with E-state index in [0.29, 0.717) is 17.3 Å². The Bertz CT molecular complexity index is 941. The standard InChI is InChI=1S/C18H16N4O3S/c1-2-21-17(13-7-4-3-5-8-13)19-20-18(21)26-12-16(23)14-9-6-10-15(11-14)22(24)25/h3-11H,2,12H2,1H3. The van der Waals surface area contributed by atoms with Crippen LogP contribution < -0.4 is 0 Å². The zero-order chi connectivity index (χ0) is 18.5. The average Bonchev–Trinajstić information content (AvgIpc) is 3.09. The molecular formula is C18H16N4O3S. The average molecular weight is 368 g/mol. The van der Waals surface area contributed by atoms with E-state index in [2.05, 4.69) is 10.2 Å². The molecule has 0 radical (unpaired) electrons. The predicted molar refractivity (Wildman–Crippen MR) is 99.3 cm³/mol. The van der Waals surface area contributed by atoms with Crippen LogP contribution in [0.5, 0.6) is 0 Å². The number of benzene rings is 2. The molecule has 0 spiro atoms. The Labute approximate surface area is 154 Å². The van der Waals surface area contributed by atoms with Crippen LogP contribution in [0.3, 0.4) is 0 Å². The maximum absolute atomic E-state index is 12.4. The van der Waals surface area contributed by atoms with E-state index in [0.717, 1.165) is 11.4 Å². The number of ketones is 1. The molecule has 1 aromatic heterocycles. The first-order valence-electron chi connectivity index (χ1n) is 7.99. The molecule has 0 aliphatic rings. The smallest absolute Gasteiger partial charge is 0.270 e. The summed E-state index contributed by atoms with van der Waals surface area (Å²) in [5.74, 6) is 0.692. The van der Waals surface area contributed by atoms with E-state index in [9.17, 15) is 14.9 Å². The molecule has 0 saturated carbocycles. The molecule has 1 heterocycles. The molecule has 0 unspecified atom stereocenters. The van der Waals surface area contributed by atoms with Crippen molar-refractivity contribution in [1.29, 1.82) is 0 Å². The number of carbonyl (C=O) groups excluding carboxylic acids is 1. The Morgan fingerprint density at radius 3 is 2.62 bits per heavy atom. The van der Waals surface area contributed by atoms with Crippen LogP contribution in [0.1, 0.15) is 17.3 Å². The van der Waals surface area contributed by atoms with E-state index >= 15 is 0 Å². The molecule has 3 rings (SSSR count). The lowest BCUT2D eigenvalue weighted by Crippen LogP contribution is -2.05. The van der Waals surface area contributed by atoms with Crippen molar-refractivity contribution in [3.8, 4) is 11.4 Å². The normalized spacial score (nSPS) is 10.7. The molecule has 0 fully saturated rings. The molecular weight excluding hydrogens is 352 g/mol. The second kappa shape index (κ2) is 7.92. The van der Waals surface area contributed by atoms with Crippen LogP contribution in [0.4, 0.5) is 5.69 Å². The first-order valence-corrected chi connectivity index (χ1v) is 8.97. The molecule has 0 N–H and O–H groups in total. The number of rotatable bonds is 7. The van der Waals surface area contributed by atoms with Gasteiger partial charge in [-0.3, -0.25) is 14.9 Å². The monoisotopic (exact) mass is 368 g/mol. The maximum Gasteiger partial charge on any atom is 0.270 e. The number of nitro benzene ring substituents is 1. The fourth-order valence-electron chi connectivity index (χ4n) is 2.49. The maximum atomic E-state index is 12.4. The summed E-state index contributed by atoms with van der Waals surface area (Å²) in [6.45, 7) is 2.66. The van der Waals surface area contributed by atoms with Crippen LogP contribution in [0.2, 0.25) is 0 Å². The van der Waals surface area contributed by atoms with Gasteiger partial charge in [0.2, 0.25) is 0 Å². The highest BCUT2D eigenvalue weighted by atomic mass is 32.2. The SMILES string of the molecule is CCn1c(SCC(=O)c2cccc([N+](=O)[O-])c2)nnc1-c1ccccc1. The molecule has 0 aliphatic heterocycles. The number of hydrogen-bond donors (Lipinski definition) is 0. The number of non-ortho nitro benzene ring substituents is 1. The van der Waals surface area contributed by atoms with Crippen LogP contribution in [0.15, 0.2) is 59.8 Å². The number of thioether (sulfide) groups is 1. The Morgan fingerprint density at radius 1 is 1.15 bits per heavy atom. The van der Waals surface area contributed by atoms with Crippen molar-refractivity contribution < 1.29 is 9.72 Å². The minimum absolute atomic E-state index is 0.0936. The van der Waals surface area contributed by atoms with Crippen molar-refractivity contribution in [2.75, 3.05) is 5.75 Å². The second-order valence-electron chi connectivity index (χ2n) is 5.44. The summed E-state index contributed by atoms with van der Waals surface area (Å²) < 4.78 is 1.95. The second-order valence-corrected chi connectivity index (χ2v) is 6.38. The molecule has 0 bridgehead atoms. The number of nitrogens with zero attached hydrogens (tertiary/aromatic N) is 4. The minimum atomic E-state index is -0.510. The van der Waals surface area contributed by atoms with E-state index in [4.69, 9.17) is 0 Å². The van der Waals surface area contributed by atoms with Gasteiger partial charge in [0.1, 0.15) is 0 Å². The number of carbonyl (C=O) groups is 1. The van der Waals surface area contributed by atoms with Crippen molar-refractivity contribution >= 4 is 23.2 Å². The molecule has 132 valence electrons. The van der Waals surface area contributed by atoms with Gasteiger partial charge in [-0.1, -0.05) is 54.2 Å². The Morgan fingerprint density at radius 2 is 1.92 bits per heavy atom. The van der Waals surface area contributed by atoms with Crippen LogP contribution >= 0.6 is 11.8 Å². The summed E-state index contributed by atoms with van der Waals surface area (Å²) in [6.07, 6.45) is 0. The minimum Gasteiger partial charge on any atom is -0.302 e. The molecule has 0 atom stereocenters. The molecule has 0 aliphatic carbocycles. The third-order valence-corrected chi connectivity index (χ3v) is 4.74. The molecule has 0 amide bonds. The highest BCUT2D eigenvalue weighted by Crippen LogP contribution is 2.24. The highest BCUT2D eigenvalue weighted by molar-refractivity contribution is 7.99. The van der Waals surface area contributed by atoms with Crippen LogP contribution in [-0.2, 0) is 6.54 Å². The van der Waals surface area contributed by atoms with Crippen LogP contribution in [0, 0.1) is 10.1 Å². The lowest BCUT2D eigenvalue weighted by Gasteiger charge is -2.07. The predicted octanol–water partition coefficient (Wildman–Crippen LogP) is 3.85. The van der Waals surface area contributed by atoms with Gasteiger partial charge in [0, 0.05) is 29.8 Å². The van der Waals surface area contributed by atoms with Gasteiger partial charge in [0.15, 0.2) is 16.8 Å². The Hall–Kier alpha value is -3.00. The zero-order valence-corrected chi connectivity index (χ0v) is 14.8. The lowest BCUT2D eigenvalue weighted by molar-refractivity contribution is -0.384. The lowest BCUT2D eigenvalue weighted by atomic mass is 10.1. The topological polar surface area (TPSA) is 90.9 Å². The fourth-order valence-corrected chi connectivity index (χ4v) is 3.38. The summed E-state index contributed by atoms with van der Waals surface area (Å²) in [7, 11) is 0. The molecule has 3 aromatic rings. The quantitative estimate of drug-likeness (QED) is 0.272. The first-order chi connectivity index (χ1) is 12.6. The third-order valence-electron chi connectivity index (χ3n) is 3.78. The third kappa shape index (κ3) is 3.80. The summed E-state index contributed by atoms with van der Waals surface area (Å²) in [4.78, 5) is 22.7. The number of aromatic nitrogens is 3. The molecule has 2 aromatic carbocycles. The van der Waals surface area contributed by atoms with Gasteiger partial charge in [-0.25, -0.2) is 0 Å². The molecule has 0 saturated heterocycles. The van der Waals surface area contributed by atoms with Gasteiger partial charge in [-0.2, -0.15) is 0 Å². The summed E-state index contributed by atoms with van der Waals surface area (Å²) in [5.41, 5.74) is 1.18. The highest BCUT2D eigenvalue weighted by Gasteiger charge is 2.16. The van der Waals surface area contributed by atoms with Gasteiger partial charge in [-0.05, 0) is 6.92 Å². The first kappa shape index (κ1) is 17.8. The Balaban J connectivity index is 1.76. The summed E-state index contributed by atoms with van der Waals surface area (Å²) in [5, 5.41) is 19.9. The van der Waals surface area contributed by atoms with Crippen molar-refractivity contribution in [3.63, 3.8) is 0 Å². The number of nitro groups is 1. The van der Waals surface area contributed by atoms with Crippen molar-refractivity contribution in [3.05, 3.63) is 70.3 Å². The van der Waals surface area contributed by atoms with Crippen LogP contribution in [0.25, 0.3) is 11.4 Å². The number of hydrogen-bond acceptors (Lipinski definition) is 6. The van der Waals surface area contributed by atoms with Gasteiger partial charge < -0.3 is 4.57 Å². The van der Waals surface area contributed by atoms with E-state index in [1.54, 1.807) is 6.07 Å². The zero-order valence-electron chi connectivity index (χ0n) is 14.0. The van der Waals surface area contributed by atoms with E-state index < -0.39 is 4.92 Å². The van der Waals surface area contributed by atoms with Gasteiger partial charge in [0.25, 0.3) is 5.69 Å². The van der Waals surface area contributed by atoms with Crippen molar-refractivity contribution in [2.24, 2.45) is 0 Å². The summed E-state index contributed by atoms with van der Waals surface area (Å²) in [6, 6.07) is 15.5. The van der Waals surface area contributed by atoms with E-state index in [-0.39, 0.29) is 17.2 Å². The molecule has 7 nitrogen and oxygen atoms in total. The number of Topliss-reactive ketones (excluding diaryl/α,β-unsaturated/α-hetero) is 1. The van der Waals surface area contributed by atoms with E-state index in [1.165, 1.54) is 30.0 Å². The molecule has 8 heteroatoms. The van der Waals surface area contributed by atoms with Crippen LogP contribution in [-0.4, -0.2) is 31.2 Å². The molecule has 26 heavy (non-hydrogen) atoms.